The first-order valence-corrected chi connectivity index (χ1v) is 6.14. The van der Waals surface area contributed by atoms with Gasteiger partial charge in [-0.3, -0.25) is 0 Å². The van der Waals surface area contributed by atoms with Gasteiger partial charge >= 0.3 is 0 Å². The monoisotopic (exact) mass is 236 g/mol. The Labute approximate surface area is 101 Å². The van der Waals surface area contributed by atoms with Crippen LogP contribution >= 0.6 is 11.8 Å². The van der Waals surface area contributed by atoms with Gasteiger partial charge in [0.15, 0.2) is 0 Å². The van der Waals surface area contributed by atoms with Crippen molar-refractivity contribution in [2.45, 2.75) is 17.9 Å². The van der Waals surface area contributed by atoms with Crippen molar-refractivity contribution in [2.75, 3.05) is 13.7 Å². The lowest BCUT2D eigenvalue weighted by Crippen LogP contribution is -2.12. The van der Waals surface area contributed by atoms with Crippen LogP contribution in [0.4, 0.5) is 0 Å². The molecule has 0 fully saturated rings. The highest BCUT2D eigenvalue weighted by Crippen LogP contribution is 2.26. The third-order valence-corrected chi connectivity index (χ3v) is 3.50. The van der Waals surface area contributed by atoms with E-state index in [0.29, 0.717) is 17.4 Å². The van der Waals surface area contributed by atoms with Crippen LogP contribution in [-0.2, 0) is 5.75 Å². The molecule has 0 aliphatic rings. The number of ether oxygens (including phenoxy) is 1. The molecule has 2 N–H and O–H groups in total. The number of thioether (sulfide) groups is 1. The van der Waals surface area contributed by atoms with E-state index in [1.807, 2.05) is 12.1 Å². The summed E-state index contributed by atoms with van der Waals surface area (Å²) >= 11 is 1.76. The zero-order chi connectivity index (χ0) is 12.0. The quantitative estimate of drug-likeness (QED) is 0.851. The van der Waals surface area contributed by atoms with E-state index < -0.39 is 0 Å². The summed E-state index contributed by atoms with van der Waals surface area (Å²) in [6.07, 6.45) is 0. The molecule has 0 saturated heterocycles. The Morgan fingerprint density at radius 3 is 2.88 bits per heavy atom. The van der Waals surface area contributed by atoms with Crippen LogP contribution in [0.25, 0.3) is 0 Å². The van der Waals surface area contributed by atoms with Crippen molar-refractivity contribution in [3.8, 4) is 11.8 Å². The molecule has 1 aromatic rings. The Morgan fingerprint density at radius 1 is 1.56 bits per heavy atom. The first-order valence-electron chi connectivity index (χ1n) is 5.10. The third kappa shape index (κ3) is 3.44. The molecule has 0 saturated carbocycles. The molecule has 0 aliphatic carbocycles. The molecular weight excluding hydrogens is 220 g/mol. The maximum Gasteiger partial charge on any atom is 0.122 e. The van der Waals surface area contributed by atoms with Gasteiger partial charge in [0.1, 0.15) is 5.75 Å². The van der Waals surface area contributed by atoms with Crippen molar-refractivity contribution < 1.29 is 4.74 Å². The van der Waals surface area contributed by atoms with Crippen molar-refractivity contribution in [3.63, 3.8) is 0 Å². The van der Waals surface area contributed by atoms with Gasteiger partial charge in [0, 0.05) is 23.1 Å². The molecule has 1 rings (SSSR count). The number of hydrogen-bond donors (Lipinski definition) is 1. The van der Waals surface area contributed by atoms with Gasteiger partial charge in [-0.05, 0) is 18.2 Å². The molecule has 0 aromatic heterocycles. The average molecular weight is 236 g/mol. The van der Waals surface area contributed by atoms with Crippen molar-refractivity contribution >= 4 is 11.8 Å². The Morgan fingerprint density at radius 2 is 2.31 bits per heavy atom. The average Bonchev–Trinajstić information content (AvgIpc) is 2.35. The van der Waals surface area contributed by atoms with Crippen LogP contribution in [-0.4, -0.2) is 18.9 Å². The first-order chi connectivity index (χ1) is 7.71. The fourth-order valence-corrected chi connectivity index (χ4v) is 2.09. The topological polar surface area (TPSA) is 59.0 Å². The molecule has 1 aromatic carbocycles. The number of methoxy groups -OCH3 is 1. The molecule has 3 nitrogen and oxygen atoms in total. The normalized spacial score (nSPS) is 11.9. The highest BCUT2D eigenvalue weighted by molar-refractivity contribution is 7.99. The van der Waals surface area contributed by atoms with Gasteiger partial charge in [0.05, 0.1) is 18.7 Å². The summed E-state index contributed by atoms with van der Waals surface area (Å²) in [7, 11) is 1.64. The molecule has 0 heterocycles. The van der Waals surface area contributed by atoms with E-state index in [0.717, 1.165) is 17.1 Å². The summed E-state index contributed by atoms with van der Waals surface area (Å²) in [6, 6.07) is 7.60. The highest BCUT2D eigenvalue weighted by atomic mass is 32.2. The zero-order valence-corrected chi connectivity index (χ0v) is 10.4. The maximum atomic E-state index is 8.83. The van der Waals surface area contributed by atoms with Crippen molar-refractivity contribution in [2.24, 2.45) is 5.73 Å². The number of rotatable bonds is 5. The minimum absolute atomic E-state index is 0.412. The van der Waals surface area contributed by atoms with Crippen molar-refractivity contribution in [3.05, 3.63) is 29.3 Å². The van der Waals surface area contributed by atoms with Gasteiger partial charge in [-0.15, -0.1) is 0 Å². The number of benzene rings is 1. The lowest BCUT2D eigenvalue weighted by molar-refractivity contribution is 0.411. The molecule has 1 atom stereocenters. The summed E-state index contributed by atoms with van der Waals surface area (Å²) < 4.78 is 5.26. The van der Waals surface area contributed by atoms with Crippen molar-refractivity contribution in [1.29, 1.82) is 5.26 Å². The van der Waals surface area contributed by atoms with E-state index in [4.69, 9.17) is 15.7 Å². The Bertz CT molecular complexity index is 387. The highest BCUT2D eigenvalue weighted by Gasteiger charge is 2.07. The maximum absolute atomic E-state index is 8.83. The summed E-state index contributed by atoms with van der Waals surface area (Å²) in [4.78, 5) is 0. The van der Waals surface area contributed by atoms with Crippen LogP contribution in [0.2, 0.25) is 0 Å². The van der Waals surface area contributed by atoms with Crippen LogP contribution in [0, 0.1) is 11.3 Å². The lowest BCUT2D eigenvalue weighted by atomic mass is 10.1. The smallest absolute Gasteiger partial charge is 0.122 e. The summed E-state index contributed by atoms with van der Waals surface area (Å²) in [5.74, 6) is 1.65. The van der Waals surface area contributed by atoms with E-state index >= 15 is 0 Å². The predicted molar refractivity (Wildman–Crippen MR) is 67.5 cm³/mol. The second kappa shape index (κ2) is 6.41. The number of hydrogen-bond acceptors (Lipinski definition) is 4. The third-order valence-electron chi connectivity index (χ3n) is 2.26. The Kier molecular flexibility index (Phi) is 5.17. The van der Waals surface area contributed by atoms with Gasteiger partial charge < -0.3 is 10.5 Å². The summed E-state index contributed by atoms with van der Waals surface area (Å²) in [5, 5.41) is 9.24. The molecule has 0 radical (unpaired) electrons. The second-order valence-electron chi connectivity index (χ2n) is 3.50. The second-order valence-corrected chi connectivity index (χ2v) is 4.92. The van der Waals surface area contributed by atoms with Crippen LogP contribution < -0.4 is 10.5 Å². The minimum atomic E-state index is 0.412. The standard InChI is InChI=1S/C12H16N2OS/c1-9(6-13)16-8-11-5-10(7-14)3-4-12(11)15-2/h3-5,9H,6,8,13H2,1-2H3. The molecule has 16 heavy (non-hydrogen) atoms. The van der Waals surface area contributed by atoms with Crippen LogP contribution in [0.1, 0.15) is 18.1 Å². The molecule has 0 aliphatic heterocycles. The molecule has 0 bridgehead atoms. The zero-order valence-electron chi connectivity index (χ0n) is 9.56. The van der Waals surface area contributed by atoms with Crippen LogP contribution in [0.3, 0.4) is 0 Å². The lowest BCUT2D eigenvalue weighted by Gasteiger charge is -2.11. The number of nitrogens with zero attached hydrogens (tertiary/aromatic N) is 1. The van der Waals surface area contributed by atoms with Gasteiger partial charge in [-0.2, -0.15) is 17.0 Å². The van der Waals surface area contributed by atoms with Gasteiger partial charge in [0.25, 0.3) is 0 Å². The van der Waals surface area contributed by atoms with Gasteiger partial charge in [-0.25, -0.2) is 0 Å². The Balaban J connectivity index is 2.80. The fourth-order valence-electron chi connectivity index (χ4n) is 1.26. The molecule has 0 amide bonds. The first kappa shape index (κ1) is 12.9. The largest absolute Gasteiger partial charge is 0.496 e. The van der Waals surface area contributed by atoms with E-state index in [1.165, 1.54) is 0 Å². The number of nitriles is 1. The summed E-state index contributed by atoms with van der Waals surface area (Å²) in [5.41, 5.74) is 7.27. The SMILES string of the molecule is COc1ccc(C#N)cc1CSC(C)CN. The molecule has 0 spiro atoms. The molecule has 86 valence electrons. The van der Waals surface area contributed by atoms with Crippen LogP contribution in [0.5, 0.6) is 5.75 Å². The van der Waals surface area contributed by atoms with Gasteiger partial charge in [0.2, 0.25) is 0 Å². The van der Waals surface area contributed by atoms with E-state index in [2.05, 4.69) is 13.0 Å². The molecule has 4 heteroatoms. The van der Waals surface area contributed by atoms with E-state index in [1.54, 1.807) is 24.9 Å². The fraction of sp³-hybridized carbons (Fsp3) is 0.417. The molecular formula is C12H16N2OS. The number of nitrogens with two attached hydrogens (primary N) is 1. The Hall–Kier alpha value is -1.18. The predicted octanol–water partition coefficient (Wildman–Crippen LogP) is 2.15. The van der Waals surface area contributed by atoms with E-state index in [9.17, 15) is 0 Å². The van der Waals surface area contributed by atoms with Gasteiger partial charge in [-0.1, -0.05) is 6.92 Å². The van der Waals surface area contributed by atoms with E-state index in [-0.39, 0.29) is 0 Å². The summed E-state index contributed by atoms with van der Waals surface area (Å²) in [6.45, 7) is 2.75. The molecule has 1 unspecified atom stereocenters. The minimum Gasteiger partial charge on any atom is -0.496 e. The van der Waals surface area contributed by atoms with Crippen LogP contribution in [0.15, 0.2) is 18.2 Å². The van der Waals surface area contributed by atoms with Crippen molar-refractivity contribution in [1.82, 2.24) is 0 Å².